The van der Waals surface area contributed by atoms with E-state index in [2.05, 4.69) is 48.4 Å². The van der Waals surface area contributed by atoms with E-state index in [1.165, 1.54) is 22.0 Å². The second-order valence-electron chi connectivity index (χ2n) is 3.96. The van der Waals surface area contributed by atoms with Crippen LogP contribution in [-0.4, -0.2) is 0 Å². The Morgan fingerprint density at radius 2 is 1.88 bits per heavy atom. The molecule has 3 rings (SSSR count). The van der Waals surface area contributed by atoms with Gasteiger partial charge in [0.2, 0.25) is 0 Å². The summed E-state index contributed by atoms with van der Waals surface area (Å²) in [4.78, 5) is 0. The summed E-state index contributed by atoms with van der Waals surface area (Å²) in [5.74, 6) is 0. The molecule has 80 valence electrons. The lowest BCUT2D eigenvalue weighted by Gasteiger charge is -2.25. The highest BCUT2D eigenvalue weighted by Crippen LogP contribution is 2.49. The highest BCUT2D eigenvalue weighted by molar-refractivity contribution is 7.91. The van der Waals surface area contributed by atoms with Crippen LogP contribution in [0.25, 0.3) is 11.1 Å². The van der Waals surface area contributed by atoms with Crippen molar-refractivity contribution in [1.82, 2.24) is 0 Å². The van der Waals surface area contributed by atoms with E-state index >= 15 is 0 Å². The Morgan fingerprint density at radius 1 is 1.06 bits per heavy atom. The van der Waals surface area contributed by atoms with Crippen molar-refractivity contribution in [3.05, 3.63) is 48.0 Å². The number of benzene rings is 2. The zero-order valence-corrected chi connectivity index (χ0v) is 10.5. The molecule has 0 bridgehead atoms. The van der Waals surface area contributed by atoms with Crippen LogP contribution in [0.5, 0.6) is 0 Å². The normalized spacial score (nSPS) is 17.2. The zero-order valence-electron chi connectivity index (χ0n) is 8.87. The first-order valence-corrected chi connectivity index (χ1v) is 7.43. The van der Waals surface area contributed by atoms with E-state index in [-0.39, 0.29) is 0 Å². The van der Waals surface area contributed by atoms with Gasteiger partial charge >= 0.3 is 0 Å². The number of nitrogens with one attached hydrogen (secondary N) is 1. The average Bonchev–Trinajstić information content (AvgIpc) is 2.29. The Kier molecular flexibility index (Phi) is 2.38. The topological polar surface area (TPSA) is 12.0 Å². The summed E-state index contributed by atoms with van der Waals surface area (Å²) in [6.07, 6.45) is 0. The van der Waals surface area contributed by atoms with Crippen LogP contribution < -0.4 is 10.4 Å². The Bertz CT molecular complexity index is 553. The minimum atomic E-state index is -0.788. The van der Waals surface area contributed by atoms with Crippen molar-refractivity contribution < 1.29 is 0 Å². The molecule has 3 heteroatoms. The molecule has 0 fully saturated rings. The molecule has 16 heavy (non-hydrogen) atoms. The first-order valence-electron chi connectivity index (χ1n) is 5.18. The molecule has 1 nitrogen and oxygen atoms in total. The maximum absolute atomic E-state index is 6.40. The van der Waals surface area contributed by atoms with Crippen LogP contribution in [0.2, 0.25) is 0 Å². The Morgan fingerprint density at radius 3 is 2.75 bits per heavy atom. The van der Waals surface area contributed by atoms with Gasteiger partial charge in [-0.2, -0.15) is 0 Å². The number of hydrogen-bond donors (Lipinski definition) is 1. The van der Waals surface area contributed by atoms with Gasteiger partial charge in [-0.1, -0.05) is 47.1 Å². The minimum Gasteiger partial charge on any atom is -0.348 e. The largest absolute Gasteiger partial charge is 0.348 e. The lowest BCUT2D eigenvalue weighted by molar-refractivity contribution is 1.48. The molecule has 0 aromatic heterocycles. The van der Waals surface area contributed by atoms with Gasteiger partial charge in [0.15, 0.2) is 0 Å². The summed E-state index contributed by atoms with van der Waals surface area (Å²) in [5.41, 5.74) is 4.91. The van der Waals surface area contributed by atoms with Gasteiger partial charge in [0.05, 0.1) is 0 Å². The summed E-state index contributed by atoms with van der Waals surface area (Å²) in [6, 6.07) is 14.8. The molecule has 0 spiro atoms. The predicted octanol–water partition coefficient (Wildman–Crippen LogP) is 4.26. The van der Waals surface area contributed by atoms with Crippen LogP contribution in [-0.2, 0) is 0 Å². The van der Waals surface area contributed by atoms with Gasteiger partial charge in [-0.25, -0.2) is 0 Å². The van der Waals surface area contributed by atoms with Crippen molar-refractivity contribution in [2.75, 3.05) is 5.09 Å². The molecule has 0 saturated heterocycles. The van der Waals surface area contributed by atoms with Crippen LogP contribution >= 0.6 is 18.7 Å². The molecule has 1 unspecified atom stereocenters. The number of aryl methyl sites for hydroxylation is 1. The second kappa shape index (κ2) is 3.76. The van der Waals surface area contributed by atoms with E-state index in [0.29, 0.717) is 0 Å². The molecule has 2 aromatic rings. The van der Waals surface area contributed by atoms with E-state index in [1.54, 1.807) is 0 Å². The molecule has 0 aliphatic carbocycles. The highest BCUT2D eigenvalue weighted by Gasteiger charge is 2.22. The van der Waals surface area contributed by atoms with Crippen molar-refractivity contribution >= 4 is 29.7 Å². The zero-order chi connectivity index (χ0) is 11.1. The highest BCUT2D eigenvalue weighted by atomic mass is 35.7. The predicted molar refractivity (Wildman–Crippen MR) is 72.6 cm³/mol. The quantitative estimate of drug-likeness (QED) is 0.686. The first-order chi connectivity index (χ1) is 7.75. The maximum Gasteiger partial charge on any atom is 0.119 e. The SMILES string of the molecule is Cc1ccc2c(c1)P(Cl)Nc1ccccc1-2. The third-order valence-corrected chi connectivity index (χ3v) is 4.83. The van der Waals surface area contributed by atoms with Crippen LogP contribution in [0.4, 0.5) is 5.69 Å². The van der Waals surface area contributed by atoms with Crippen molar-refractivity contribution in [2.45, 2.75) is 6.92 Å². The van der Waals surface area contributed by atoms with E-state index in [4.69, 9.17) is 11.2 Å². The number of rotatable bonds is 0. The van der Waals surface area contributed by atoms with Gasteiger partial charge in [-0.15, -0.1) is 0 Å². The van der Waals surface area contributed by atoms with Crippen LogP contribution in [0.3, 0.4) is 0 Å². The van der Waals surface area contributed by atoms with Crippen LogP contribution in [0, 0.1) is 6.92 Å². The Hall–Kier alpha value is -1.04. The molecule has 1 heterocycles. The van der Waals surface area contributed by atoms with Crippen LogP contribution in [0.1, 0.15) is 5.56 Å². The average molecular weight is 248 g/mol. The van der Waals surface area contributed by atoms with Crippen LogP contribution in [0.15, 0.2) is 42.5 Å². The monoisotopic (exact) mass is 247 g/mol. The van der Waals surface area contributed by atoms with Gasteiger partial charge in [-0.3, -0.25) is 0 Å². The third-order valence-electron chi connectivity index (χ3n) is 2.80. The summed E-state index contributed by atoms with van der Waals surface area (Å²) in [5, 5.41) is 4.61. The standard InChI is InChI=1S/C13H11ClNP/c1-9-6-7-11-10-4-2-3-5-12(10)15-16(14)13(11)8-9/h2-8,15H,1H3. The molecule has 1 aliphatic heterocycles. The molecule has 0 saturated carbocycles. The fourth-order valence-corrected chi connectivity index (χ4v) is 3.96. The summed E-state index contributed by atoms with van der Waals surface area (Å²) >= 11 is 6.40. The number of halogens is 1. The maximum atomic E-state index is 6.40. The molecular weight excluding hydrogens is 237 g/mol. The van der Waals surface area contributed by atoms with Crippen molar-refractivity contribution in [3.8, 4) is 11.1 Å². The number of hydrogen-bond acceptors (Lipinski definition) is 1. The van der Waals surface area contributed by atoms with Gasteiger partial charge in [0, 0.05) is 16.6 Å². The van der Waals surface area contributed by atoms with E-state index in [0.717, 1.165) is 5.69 Å². The lowest BCUT2D eigenvalue weighted by Crippen LogP contribution is -2.13. The Balaban J connectivity index is 2.28. The summed E-state index contributed by atoms with van der Waals surface area (Å²) in [6.45, 7) is 2.10. The molecule has 0 radical (unpaired) electrons. The lowest BCUT2D eigenvalue weighted by atomic mass is 10.0. The fraction of sp³-hybridized carbons (Fsp3) is 0.0769. The molecule has 2 aromatic carbocycles. The van der Waals surface area contributed by atoms with Gasteiger partial charge in [0.1, 0.15) is 7.43 Å². The molecule has 1 atom stereocenters. The Labute approximate surface area is 101 Å². The second-order valence-corrected chi connectivity index (χ2v) is 6.24. The van der Waals surface area contributed by atoms with Crippen molar-refractivity contribution in [1.29, 1.82) is 0 Å². The van der Waals surface area contributed by atoms with Crippen molar-refractivity contribution in [2.24, 2.45) is 0 Å². The number of para-hydroxylation sites is 1. The first kappa shape index (κ1) is 10.1. The molecule has 1 aliphatic rings. The summed E-state index contributed by atoms with van der Waals surface area (Å²) < 4.78 is 0. The smallest absolute Gasteiger partial charge is 0.119 e. The van der Waals surface area contributed by atoms with Gasteiger partial charge in [0.25, 0.3) is 0 Å². The van der Waals surface area contributed by atoms with Gasteiger partial charge in [-0.05, 0) is 24.6 Å². The summed E-state index contributed by atoms with van der Waals surface area (Å²) in [7, 11) is -0.788. The molecule has 0 amide bonds. The van der Waals surface area contributed by atoms with E-state index in [9.17, 15) is 0 Å². The van der Waals surface area contributed by atoms with E-state index in [1.807, 2.05) is 6.07 Å². The number of fused-ring (bicyclic) bond motifs is 3. The van der Waals surface area contributed by atoms with Crippen molar-refractivity contribution in [3.63, 3.8) is 0 Å². The van der Waals surface area contributed by atoms with Gasteiger partial charge < -0.3 is 5.09 Å². The molecular formula is C13H11ClNP. The minimum absolute atomic E-state index is 0.788. The fourth-order valence-electron chi connectivity index (χ4n) is 2.01. The molecule has 1 N–H and O–H groups in total. The third kappa shape index (κ3) is 1.52. The van der Waals surface area contributed by atoms with E-state index < -0.39 is 7.43 Å². The number of anilines is 1.